The summed E-state index contributed by atoms with van der Waals surface area (Å²) >= 11 is 0.924. The summed E-state index contributed by atoms with van der Waals surface area (Å²) in [5, 5.41) is 38.0. The number of carbonyl (C=O) groups excluding carboxylic acids is 4. The maximum Gasteiger partial charge on any atom is 0.243 e. The molecule has 3 rings (SSSR count). The Kier molecular flexibility index (Phi) is 12.1. The summed E-state index contributed by atoms with van der Waals surface area (Å²) in [5.41, 5.74) is 6.15. The van der Waals surface area contributed by atoms with Crippen molar-refractivity contribution in [3.8, 4) is 0 Å². The molecule has 1 fully saturated rings. The zero-order valence-corrected chi connectivity index (χ0v) is 23.3. The first-order valence-corrected chi connectivity index (χ1v) is 14.1. The lowest BCUT2D eigenvalue weighted by Crippen LogP contribution is -2.63. The molecule has 1 saturated heterocycles. The zero-order valence-electron chi connectivity index (χ0n) is 22.5. The number of thioether (sulfide) groups is 1. The van der Waals surface area contributed by atoms with Gasteiger partial charge >= 0.3 is 0 Å². The zero-order chi connectivity index (χ0) is 29.9. The van der Waals surface area contributed by atoms with Crippen molar-refractivity contribution in [1.82, 2.24) is 16.0 Å². The molecule has 13 heteroatoms. The second kappa shape index (κ2) is 15.5. The molecule has 8 N–H and O–H groups in total. The van der Waals surface area contributed by atoms with Gasteiger partial charge in [0.2, 0.25) is 23.6 Å². The lowest BCUT2D eigenvalue weighted by atomic mass is 9.98. The Bertz CT molecular complexity index is 1170. The number of ether oxygens (including phenoxy) is 1. The molecule has 2 aromatic rings. The lowest BCUT2D eigenvalue weighted by Gasteiger charge is -2.42. The second-order valence-electron chi connectivity index (χ2n) is 9.71. The van der Waals surface area contributed by atoms with E-state index in [2.05, 4.69) is 16.0 Å². The smallest absolute Gasteiger partial charge is 0.243 e. The molecule has 0 saturated carbocycles. The van der Waals surface area contributed by atoms with E-state index in [0.717, 1.165) is 22.9 Å². The van der Waals surface area contributed by atoms with Gasteiger partial charge in [-0.25, -0.2) is 0 Å². The third-order valence-corrected chi connectivity index (χ3v) is 7.67. The van der Waals surface area contributed by atoms with E-state index in [1.54, 1.807) is 48.5 Å². The molecule has 4 amide bonds. The molecular weight excluding hydrogens is 552 g/mol. The average Bonchev–Trinajstić information content (AvgIpc) is 2.95. The van der Waals surface area contributed by atoms with Gasteiger partial charge in [0.05, 0.1) is 18.4 Å². The molecule has 0 unspecified atom stereocenters. The molecule has 0 spiro atoms. The van der Waals surface area contributed by atoms with E-state index < -0.39 is 72.1 Å². The molecule has 2 aromatic carbocycles. The highest BCUT2D eigenvalue weighted by molar-refractivity contribution is 8.00. The van der Waals surface area contributed by atoms with Gasteiger partial charge in [-0.2, -0.15) is 0 Å². The fourth-order valence-corrected chi connectivity index (χ4v) is 5.47. The first-order valence-electron chi connectivity index (χ1n) is 13.1. The summed E-state index contributed by atoms with van der Waals surface area (Å²) in [6, 6.07) is 14.9. The van der Waals surface area contributed by atoms with Crippen LogP contribution < -0.4 is 21.7 Å². The molecule has 0 bridgehead atoms. The van der Waals surface area contributed by atoms with Crippen LogP contribution in [-0.4, -0.2) is 93.2 Å². The third kappa shape index (κ3) is 9.54. The van der Waals surface area contributed by atoms with Crippen molar-refractivity contribution in [1.29, 1.82) is 0 Å². The van der Waals surface area contributed by atoms with Crippen molar-refractivity contribution >= 4 is 35.4 Å². The van der Waals surface area contributed by atoms with Gasteiger partial charge in [-0.3, -0.25) is 19.2 Å². The second-order valence-corrected chi connectivity index (χ2v) is 10.8. The van der Waals surface area contributed by atoms with Crippen molar-refractivity contribution in [2.24, 2.45) is 5.73 Å². The summed E-state index contributed by atoms with van der Waals surface area (Å²) in [5.74, 6) is -2.61. The molecule has 1 aliphatic heterocycles. The predicted molar refractivity (Wildman–Crippen MR) is 151 cm³/mol. The first-order chi connectivity index (χ1) is 19.6. The minimum Gasteiger partial charge on any atom is -0.394 e. The Balaban J connectivity index is 1.70. The fourth-order valence-electron chi connectivity index (χ4n) is 4.41. The van der Waals surface area contributed by atoms with Crippen LogP contribution in [0.1, 0.15) is 18.1 Å². The molecule has 0 aliphatic carbocycles. The van der Waals surface area contributed by atoms with Gasteiger partial charge in [0.25, 0.3) is 0 Å². The average molecular weight is 589 g/mol. The number of aliphatic hydroxyl groups is 3. The van der Waals surface area contributed by atoms with Crippen LogP contribution in [0, 0.1) is 0 Å². The molecule has 1 aliphatic rings. The Labute approximate surface area is 242 Å². The molecule has 1 heterocycles. The molecule has 0 radical (unpaired) electrons. The van der Waals surface area contributed by atoms with E-state index in [4.69, 9.17) is 10.5 Å². The predicted octanol–water partition coefficient (Wildman–Crippen LogP) is -1.40. The van der Waals surface area contributed by atoms with Gasteiger partial charge in [0.1, 0.15) is 35.8 Å². The van der Waals surface area contributed by atoms with Crippen LogP contribution >= 0.6 is 11.8 Å². The third-order valence-electron chi connectivity index (χ3n) is 6.51. The highest BCUT2D eigenvalue weighted by Crippen LogP contribution is 2.28. The van der Waals surface area contributed by atoms with Gasteiger partial charge in [0, 0.05) is 19.8 Å². The number of aliphatic hydroxyl groups excluding tert-OH is 3. The summed E-state index contributed by atoms with van der Waals surface area (Å²) < 4.78 is 5.64. The maximum atomic E-state index is 13.3. The molecule has 41 heavy (non-hydrogen) atoms. The van der Waals surface area contributed by atoms with Crippen molar-refractivity contribution in [3.05, 3.63) is 71.8 Å². The van der Waals surface area contributed by atoms with Crippen LogP contribution in [0.3, 0.4) is 0 Å². The monoisotopic (exact) mass is 588 g/mol. The molecule has 12 nitrogen and oxygen atoms in total. The summed E-state index contributed by atoms with van der Waals surface area (Å²) in [7, 11) is 0. The number of carbonyl (C=O) groups is 4. The minimum absolute atomic E-state index is 0.131. The molecule has 7 atom stereocenters. The summed E-state index contributed by atoms with van der Waals surface area (Å²) in [6.45, 7) is 0.646. The van der Waals surface area contributed by atoms with Gasteiger partial charge in [0.15, 0.2) is 0 Å². The first kappa shape index (κ1) is 32.0. The van der Waals surface area contributed by atoms with E-state index in [1.807, 2.05) is 12.1 Å². The van der Waals surface area contributed by atoms with E-state index in [-0.39, 0.29) is 18.6 Å². The Morgan fingerprint density at radius 2 is 1.46 bits per heavy atom. The molecule has 222 valence electrons. The topological polar surface area (TPSA) is 200 Å². The number of nitrogens with two attached hydrogens (primary N) is 1. The van der Waals surface area contributed by atoms with E-state index >= 15 is 0 Å². The quantitative estimate of drug-likeness (QED) is 0.147. The maximum absolute atomic E-state index is 13.3. The fraction of sp³-hybridized carbons (Fsp3) is 0.429. The van der Waals surface area contributed by atoms with Crippen molar-refractivity contribution in [3.63, 3.8) is 0 Å². The number of benzene rings is 2. The van der Waals surface area contributed by atoms with Crippen LogP contribution in [0.15, 0.2) is 60.7 Å². The van der Waals surface area contributed by atoms with Gasteiger partial charge in [-0.05, 0) is 11.1 Å². The van der Waals surface area contributed by atoms with Gasteiger partial charge < -0.3 is 41.7 Å². The highest BCUT2D eigenvalue weighted by atomic mass is 32.2. The SMILES string of the molecule is CC(=O)N[C@@H]1[C@@H](O)[C@H](O)[C@@H](CO)O[C@@H]1SCC(=O)N[C@@H](Cc1ccccc1)C(=O)N[C@@H](Cc1ccccc1)C(N)=O. The highest BCUT2D eigenvalue weighted by Gasteiger charge is 2.45. The van der Waals surface area contributed by atoms with E-state index in [9.17, 15) is 34.5 Å². The van der Waals surface area contributed by atoms with E-state index in [0.29, 0.717) is 0 Å². The van der Waals surface area contributed by atoms with Crippen LogP contribution in [0.5, 0.6) is 0 Å². The number of rotatable bonds is 13. The summed E-state index contributed by atoms with van der Waals surface area (Å²) in [4.78, 5) is 50.2. The number of hydrogen-bond acceptors (Lipinski definition) is 9. The van der Waals surface area contributed by atoms with Gasteiger partial charge in [-0.15, -0.1) is 11.8 Å². The van der Waals surface area contributed by atoms with Crippen LogP contribution in [0.2, 0.25) is 0 Å². The van der Waals surface area contributed by atoms with Crippen LogP contribution in [0.25, 0.3) is 0 Å². The number of nitrogens with one attached hydrogen (secondary N) is 3. The van der Waals surface area contributed by atoms with Crippen molar-refractivity contribution < 1.29 is 39.2 Å². The van der Waals surface area contributed by atoms with Gasteiger partial charge in [-0.1, -0.05) is 60.7 Å². The van der Waals surface area contributed by atoms with Crippen LogP contribution in [0.4, 0.5) is 0 Å². The van der Waals surface area contributed by atoms with Crippen molar-refractivity contribution in [2.45, 2.75) is 61.6 Å². The number of hydrogen-bond donors (Lipinski definition) is 7. The Morgan fingerprint density at radius 3 is 1.98 bits per heavy atom. The molecular formula is C28H36N4O8S. The number of amides is 4. The number of primary amides is 1. The largest absolute Gasteiger partial charge is 0.394 e. The lowest BCUT2D eigenvalue weighted by molar-refractivity contribution is -0.173. The van der Waals surface area contributed by atoms with Crippen LogP contribution in [-0.2, 0) is 36.8 Å². The Morgan fingerprint density at radius 1 is 0.902 bits per heavy atom. The summed E-state index contributed by atoms with van der Waals surface area (Å²) in [6.07, 6.45) is -3.71. The minimum atomic E-state index is -1.45. The normalized spacial score (nSPS) is 23.6. The molecule has 0 aromatic heterocycles. The standard InChI is InChI=1S/C28H36N4O8S/c1-16(34)30-23-25(37)24(36)21(14-33)40-28(23)41-15-22(35)31-20(13-18-10-6-3-7-11-18)27(39)32-19(26(29)38)12-17-8-4-2-5-9-17/h2-11,19-21,23-25,28,33,36-37H,12-15H2,1H3,(H2,29,38)(H,30,34)(H,31,35)(H,32,39)/t19-,20-,21+,23+,24+,25+,28+/m0/s1. The van der Waals surface area contributed by atoms with E-state index in [1.165, 1.54) is 6.92 Å². The van der Waals surface area contributed by atoms with Crippen molar-refractivity contribution in [2.75, 3.05) is 12.4 Å². The Hall–Kier alpha value is -3.49.